The zero-order valence-electron chi connectivity index (χ0n) is 32.7. The van der Waals surface area contributed by atoms with Crippen LogP contribution in [0.4, 0.5) is 4.79 Å². The summed E-state index contributed by atoms with van der Waals surface area (Å²) < 4.78 is 32.7. The number of nitrogens with one attached hydrogen (secondary N) is 2. The zero-order chi connectivity index (χ0) is 39.5. The highest BCUT2D eigenvalue weighted by Gasteiger charge is 2.35. The Kier molecular flexibility index (Phi) is 18.5. The Bertz CT molecular complexity index is 1550. The SMILES string of the molecule is COCCOCCOCCOCCOCc1ccc(CC(CC(O)C(Cc2ccccc2)NC(=O)OC(C)(C)C)C(=O)N[C@H]2c3ccccc3C[C@@H]2O)cc1. The zero-order valence-corrected chi connectivity index (χ0v) is 32.7. The van der Waals surface area contributed by atoms with Gasteiger partial charge in [0.2, 0.25) is 5.91 Å². The van der Waals surface area contributed by atoms with Gasteiger partial charge in [0.15, 0.2) is 0 Å². The summed E-state index contributed by atoms with van der Waals surface area (Å²) in [6.07, 6.45) is -1.33. The van der Waals surface area contributed by atoms with Crippen LogP contribution in [-0.4, -0.2) is 106 Å². The monoisotopic (exact) mass is 764 g/mol. The minimum absolute atomic E-state index is 0.0572. The molecule has 12 nitrogen and oxygen atoms in total. The molecule has 0 heterocycles. The number of aliphatic hydroxyl groups excluding tert-OH is 2. The average molecular weight is 765 g/mol. The molecule has 0 saturated heterocycles. The number of hydrogen-bond acceptors (Lipinski definition) is 10. The molecule has 0 bridgehead atoms. The number of hydrogen-bond donors (Lipinski definition) is 4. The maximum absolute atomic E-state index is 14.1. The topological polar surface area (TPSA) is 154 Å². The van der Waals surface area contributed by atoms with Crippen LogP contribution in [0.5, 0.6) is 0 Å². The van der Waals surface area contributed by atoms with Gasteiger partial charge in [-0.3, -0.25) is 4.79 Å². The van der Waals surface area contributed by atoms with Crippen molar-refractivity contribution in [3.8, 4) is 0 Å². The molecule has 4 N–H and O–H groups in total. The third-order valence-corrected chi connectivity index (χ3v) is 9.19. The molecule has 5 atom stereocenters. The molecular formula is C43H60N2O10. The van der Waals surface area contributed by atoms with Crippen LogP contribution in [0.15, 0.2) is 78.9 Å². The van der Waals surface area contributed by atoms with Gasteiger partial charge < -0.3 is 49.3 Å². The Morgan fingerprint density at radius 2 is 1.31 bits per heavy atom. The van der Waals surface area contributed by atoms with E-state index in [0.29, 0.717) is 78.7 Å². The van der Waals surface area contributed by atoms with Crippen LogP contribution in [0.1, 0.15) is 61.1 Å². The summed E-state index contributed by atoms with van der Waals surface area (Å²) in [5.74, 6) is -0.969. The molecule has 0 saturated carbocycles. The molecule has 1 aliphatic rings. The number of fused-ring (bicyclic) bond motifs is 1. The van der Waals surface area contributed by atoms with Crippen LogP contribution in [-0.2, 0) is 59.1 Å². The number of amides is 2. The predicted octanol–water partition coefficient (Wildman–Crippen LogP) is 4.72. The van der Waals surface area contributed by atoms with Crippen molar-refractivity contribution in [3.63, 3.8) is 0 Å². The molecule has 12 heteroatoms. The lowest BCUT2D eigenvalue weighted by Crippen LogP contribution is -2.48. The van der Waals surface area contributed by atoms with Gasteiger partial charge in [0, 0.05) is 19.4 Å². The number of methoxy groups -OCH3 is 1. The largest absolute Gasteiger partial charge is 0.444 e. The highest BCUT2D eigenvalue weighted by atomic mass is 16.6. The van der Waals surface area contributed by atoms with E-state index in [9.17, 15) is 19.8 Å². The standard InChI is InChI=1S/C43H60N2O10/c1-43(2,3)55-42(49)44-37(27-31-10-6-5-7-11-31)38(46)29-35(41(48)45-40-36-13-9-8-12-34(36)28-39(40)47)26-32-14-16-33(17-15-32)30-54-25-24-53-23-22-52-21-20-51-19-18-50-4/h5-17,35,37-40,46-47H,18-30H2,1-4H3,(H,44,49)(H,45,48)/t35?,37?,38?,39-,40-/m0/s1. The van der Waals surface area contributed by atoms with Crippen LogP contribution in [0.2, 0.25) is 0 Å². The lowest BCUT2D eigenvalue weighted by Gasteiger charge is -2.30. The van der Waals surface area contributed by atoms with Gasteiger partial charge in [-0.2, -0.15) is 0 Å². The van der Waals surface area contributed by atoms with E-state index in [4.69, 9.17) is 28.4 Å². The summed E-state index contributed by atoms with van der Waals surface area (Å²) in [7, 11) is 1.64. The lowest BCUT2D eigenvalue weighted by atomic mass is 9.88. The smallest absolute Gasteiger partial charge is 0.407 e. The lowest BCUT2D eigenvalue weighted by molar-refractivity contribution is -0.127. The average Bonchev–Trinajstić information content (AvgIpc) is 3.47. The van der Waals surface area contributed by atoms with Crippen LogP contribution < -0.4 is 10.6 Å². The van der Waals surface area contributed by atoms with E-state index in [2.05, 4.69) is 10.6 Å². The molecule has 302 valence electrons. The fourth-order valence-electron chi connectivity index (χ4n) is 6.42. The number of alkyl carbamates (subject to hydrolysis) is 1. The number of aliphatic hydroxyl groups is 2. The summed E-state index contributed by atoms with van der Waals surface area (Å²) >= 11 is 0. The van der Waals surface area contributed by atoms with Crippen molar-refractivity contribution in [2.24, 2.45) is 5.92 Å². The van der Waals surface area contributed by atoms with E-state index in [1.54, 1.807) is 27.9 Å². The first-order valence-electron chi connectivity index (χ1n) is 19.2. The second kappa shape index (κ2) is 23.2. The number of carbonyl (C=O) groups excluding carboxylic acids is 2. The normalized spacial score (nSPS) is 16.9. The van der Waals surface area contributed by atoms with Crippen molar-refractivity contribution in [1.29, 1.82) is 0 Å². The summed E-state index contributed by atoms with van der Waals surface area (Å²) in [5, 5.41) is 28.6. The fourth-order valence-corrected chi connectivity index (χ4v) is 6.42. The van der Waals surface area contributed by atoms with Crippen molar-refractivity contribution >= 4 is 12.0 Å². The minimum atomic E-state index is -1.09. The van der Waals surface area contributed by atoms with Crippen molar-refractivity contribution < 1.29 is 48.2 Å². The van der Waals surface area contributed by atoms with E-state index < -0.39 is 41.9 Å². The van der Waals surface area contributed by atoms with Crippen molar-refractivity contribution in [2.75, 3.05) is 60.0 Å². The summed E-state index contributed by atoms with van der Waals surface area (Å²) in [6, 6.07) is 23.8. The van der Waals surface area contributed by atoms with Crippen molar-refractivity contribution in [1.82, 2.24) is 10.6 Å². The first kappa shape index (κ1) is 43.8. The number of benzene rings is 3. The van der Waals surface area contributed by atoms with Gasteiger partial charge in [-0.15, -0.1) is 0 Å². The molecule has 4 rings (SSSR count). The highest BCUT2D eigenvalue weighted by Crippen LogP contribution is 2.32. The first-order chi connectivity index (χ1) is 26.5. The molecular weight excluding hydrogens is 704 g/mol. The third-order valence-electron chi connectivity index (χ3n) is 9.19. The van der Waals surface area contributed by atoms with Gasteiger partial charge in [0.05, 0.1) is 83.8 Å². The van der Waals surface area contributed by atoms with Gasteiger partial charge in [-0.1, -0.05) is 78.9 Å². The first-order valence-corrected chi connectivity index (χ1v) is 19.2. The number of ether oxygens (including phenoxy) is 6. The maximum atomic E-state index is 14.1. The molecule has 3 aromatic carbocycles. The second-order valence-corrected chi connectivity index (χ2v) is 14.8. The molecule has 55 heavy (non-hydrogen) atoms. The van der Waals surface area contributed by atoms with E-state index in [1.165, 1.54) is 0 Å². The summed E-state index contributed by atoms with van der Waals surface area (Å²) in [4.78, 5) is 27.0. The van der Waals surface area contributed by atoms with Gasteiger partial charge >= 0.3 is 6.09 Å². The molecule has 3 aromatic rings. The van der Waals surface area contributed by atoms with E-state index >= 15 is 0 Å². The van der Waals surface area contributed by atoms with Gasteiger partial charge in [-0.25, -0.2) is 4.79 Å². The second-order valence-electron chi connectivity index (χ2n) is 14.8. The Hall–Kier alpha value is -3.88. The van der Waals surface area contributed by atoms with Crippen molar-refractivity contribution in [2.45, 2.75) is 83.0 Å². The molecule has 0 aliphatic heterocycles. The molecule has 0 spiro atoms. The Labute approximate surface area is 325 Å². The molecule has 0 radical (unpaired) electrons. The van der Waals surface area contributed by atoms with Crippen LogP contribution in [0, 0.1) is 5.92 Å². The molecule has 3 unspecified atom stereocenters. The number of rotatable bonds is 24. The molecule has 0 aromatic heterocycles. The van der Waals surface area contributed by atoms with Gasteiger partial charge in [0.25, 0.3) is 0 Å². The Morgan fingerprint density at radius 1 is 0.745 bits per heavy atom. The van der Waals surface area contributed by atoms with E-state index in [-0.39, 0.29) is 12.3 Å². The van der Waals surface area contributed by atoms with Crippen LogP contribution in [0.3, 0.4) is 0 Å². The minimum Gasteiger partial charge on any atom is -0.444 e. The molecule has 2 amide bonds. The number of carbonyl (C=O) groups is 2. The fraction of sp³-hybridized carbons (Fsp3) is 0.535. The highest BCUT2D eigenvalue weighted by molar-refractivity contribution is 5.80. The van der Waals surface area contributed by atoms with E-state index in [0.717, 1.165) is 27.8 Å². The van der Waals surface area contributed by atoms with Gasteiger partial charge in [-0.05, 0) is 67.9 Å². The third kappa shape index (κ3) is 16.0. The predicted molar refractivity (Wildman–Crippen MR) is 209 cm³/mol. The summed E-state index contributed by atoms with van der Waals surface area (Å²) in [5.41, 5.74) is 3.94. The Balaban J connectivity index is 1.36. The van der Waals surface area contributed by atoms with Gasteiger partial charge in [0.1, 0.15) is 5.60 Å². The Morgan fingerprint density at radius 3 is 1.95 bits per heavy atom. The molecule has 1 aliphatic carbocycles. The molecule has 0 fully saturated rings. The van der Waals surface area contributed by atoms with E-state index in [1.807, 2.05) is 78.9 Å². The van der Waals surface area contributed by atoms with Crippen LogP contribution in [0.25, 0.3) is 0 Å². The maximum Gasteiger partial charge on any atom is 0.407 e. The quantitative estimate of drug-likeness (QED) is 0.0943. The summed E-state index contributed by atoms with van der Waals surface area (Å²) in [6.45, 7) is 9.69. The van der Waals surface area contributed by atoms with Crippen molar-refractivity contribution in [3.05, 3.63) is 107 Å². The van der Waals surface area contributed by atoms with Crippen LogP contribution >= 0.6 is 0 Å².